The average Bonchev–Trinajstić information content (AvgIpc) is 2.56. The zero-order chi connectivity index (χ0) is 9.97. The highest BCUT2D eigenvalue weighted by atomic mass is 15.3. The number of hydrogen-bond donors (Lipinski definition) is 2. The second-order valence-corrected chi connectivity index (χ2v) is 3.37. The Bertz CT molecular complexity index is 342. The van der Waals surface area contributed by atoms with Crippen LogP contribution in [0.4, 0.5) is 11.4 Å². The van der Waals surface area contributed by atoms with Gasteiger partial charge in [-0.05, 0) is 24.3 Å². The minimum Gasteiger partial charge on any atom is -0.399 e. The van der Waals surface area contributed by atoms with Crippen molar-refractivity contribution >= 4 is 17.3 Å². The summed E-state index contributed by atoms with van der Waals surface area (Å²) in [5.41, 5.74) is 7.39. The maximum atomic E-state index is 5.59. The number of nitrogen functional groups attached to an aromatic ring is 1. The molecule has 0 atom stereocenters. The van der Waals surface area contributed by atoms with Crippen LogP contribution in [0.5, 0.6) is 0 Å². The Morgan fingerprint density at radius 1 is 1.36 bits per heavy atom. The lowest BCUT2D eigenvalue weighted by atomic mass is 10.3. The lowest BCUT2D eigenvalue weighted by Crippen LogP contribution is -2.28. The predicted molar refractivity (Wildman–Crippen MR) is 59.4 cm³/mol. The molecule has 14 heavy (non-hydrogen) atoms. The van der Waals surface area contributed by atoms with E-state index in [2.05, 4.69) is 15.2 Å². The molecule has 0 aliphatic carbocycles. The summed E-state index contributed by atoms with van der Waals surface area (Å²) >= 11 is 0. The molecule has 74 valence electrons. The number of nitrogens with one attached hydrogen (secondary N) is 1. The number of anilines is 2. The van der Waals surface area contributed by atoms with Crippen LogP contribution in [0.15, 0.2) is 29.3 Å². The molecule has 0 radical (unpaired) electrons. The minimum absolute atomic E-state index is 0.775. The van der Waals surface area contributed by atoms with Crippen LogP contribution in [0.2, 0.25) is 0 Å². The van der Waals surface area contributed by atoms with E-state index in [4.69, 9.17) is 5.73 Å². The van der Waals surface area contributed by atoms with E-state index in [1.165, 1.54) is 0 Å². The third-order valence-electron chi connectivity index (χ3n) is 2.23. The third kappa shape index (κ3) is 1.79. The van der Waals surface area contributed by atoms with Gasteiger partial charge in [0.2, 0.25) is 0 Å². The molecule has 1 aliphatic heterocycles. The Balaban J connectivity index is 2.07. The van der Waals surface area contributed by atoms with Crippen molar-refractivity contribution in [3.63, 3.8) is 0 Å². The number of rotatable bonds is 1. The Morgan fingerprint density at radius 2 is 2.07 bits per heavy atom. The fourth-order valence-corrected chi connectivity index (χ4v) is 1.36. The SMILES string of the molecule is CN1CCN=C1Nc1ccc(N)cc1. The molecule has 0 unspecified atom stereocenters. The summed E-state index contributed by atoms with van der Waals surface area (Å²) in [6, 6.07) is 7.64. The maximum absolute atomic E-state index is 5.59. The average molecular weight is 190 g/mol. The van der Waals surface area contributed by atoms with Gasteiger partial charge < -0.3 is 16.0 Å². The Kier molecular flexibility index (Phi) is 2.26. The number of guanidine groups is 1. The Hall–Kier alpha value is -1.71. The number of nitrogens with zero attached hydrogens (tertiary/aromatic N) is 2. The third-order valence-corrected chi connectivity index (χ3v) is 2.23. The van der Waals surface area contributed by atoms with Gasteiger partial charge in [-0.1, -0.05) is 0 Å². The monoisotopic (exact) mass is 190 g/mol. The second kappa shape index (κ2) is 3.57. The number of nitrogens with two attached hydrogens (primary N) is 1. The van der Waals surface area contributed by atoms with Gasteiger partial charge in [-0.3, -0.25) is 4.99 Å². The fraction of sp³-hybridized carbons (Fsp3) is 0.300. The van der Waals surface area contributed by atoms with Gasteiger partial charge >= 0.3 is 0 Å². The number of benzene rings is 1. The first-order valence-corrected chi connectivity index (χ1v) is 4.64. The van der Waals surface area contributed by atoms with Gasteiger partial charge in [-0.25, -0.2) is 0 Å². The zero-order valence-corrected chi connectivity index (χ0v) is 8.20. The van der Waals surface area contributed by atoms with Crippen LogP contribution in [0.25, 0.3) is 0 Å². The highest BCUT2D eigenvalue weighted by molar-refractivity contribution is 5.94. The van der Waals surface area contributed by atoms with E-state index in [9.17, 15) is 0 Å². The molecular weight excluding hydrogens is 176 g/mol. The van der Waals surface area contributed by atoms with Crippen LogP contribution in [-0.4, -0.2) is 31.0 Å². The van der Waals surface area contributed by atoms with Crippen molar-refractivity contribution in [2.45, 2.75) is 0 Å². The normalized spacial score (nSPS) is 15.5. The van der Waals surface area contributed by atoms with E-state index in [0.717, 1.165) is 30.4 Å². The van der Waals surface area contributed by atoms with E-state index >= 15 is 0 Å². The van der Waals surface area contributed by atoms with Gasteiger partial charge in [0, 0.05) is 25.0 Å². The maximum Gasteiger partial charge on any atom is 0.198 e. The quantitative estimate of drug-likeness (QED) is 0.649. The molecule has 4 nitrogen and oxygen atoms in total. The molecule has 2 rings (SSSR count). The van der Waals surface area contributed by atoms with Crippen LogP contribution < -0.4 is 11.1 Å². The van der Waals surface area contributed by atoms with Crippen molar-refractivity contribution in [3.8, 4) is 0 Å². The molecule has 4 heteroatoms. The highest BCUT2D eigenvalue weighted by Gasteiger charge is 2.11. The summed E-state index contributed by atoms with van der Waals surface area (Å²) in [5.74, 6) is 0.926. The molecule has 0 saturated heterocycles. The van der Waals surface area contributed by atoms with Crippen LogP contribution in [0.3, 0.4) is 0 Å². The molecule has 0 spiro atoms. The summed E-state index contributed by atoms with van der Waals surface area (Å²) < 4.78 is 0. The standard InChI is InChI=1S/C10H14N4/c1-14-7-6-12-10(14)13-9-4-2-8(11)3-5-9/h2-5H,6-7,11H2,1H3,(H,12,13). The van der Waals surface area contributed by atoms with E-state index < -0.39 is 0 Å². The number of aliphatic imine (C=N–C) groups is 1. The lowest BCUT2D eigenvalue weighted by Gasteiger charge is -2.15. The summed E-state index contributed by atoms with van der Waals surface area (Å²) in [6.07, 6.45) is 0. The second-order valence-electron chi connectivity index (χ2n) is 3.37. The van der Waals surface area contributed by atoms with E-state index in [1.54, 1.807) is 0 Å². The van der Waals surface area contributed by atoms with Crippen molar-refractivity contribution in [2.75, 3.05) is 31.2 Å². The fourth-order valence-electron chi connectivity index (χ4n) is 1.36. The van der Waals surface area contributed by atoms with Gasteiger partial charge in [0.05, 0.1) is 6.54 Å². The number of likely N-dealkylation sites (N-methyl/N-ethyl adjacent to an activating group) is 1. The first-order valence-electron chi connectivity index (χ1n) is 4.64. The minimum atomic E-state index is 0.775. The first kappa shape index (κ1) is 8.87. The van der Waals surface area contributed by atoms with Crippen molar-refractivity contribution in [2.24, 2.45) is 4.99 Å². The zero-order valence-electron chi connectivity index (χ0n) is 8.20. The van der Waals surface area contributed by atoms with E-state index in [0.29, 0.717) is 0 Å². The Morgan fingerprint density at radius 3 is 2.64 bits per heavy atom. The molecule has 0 amide bonds. The summed E-state index contributed by atoms with van der Waals surface area (Å²) in [4.78, 5) is 6.43. The van der Waals surface area contributed by atoms with Gasteiger partial charge in [-0.15, -0.1) is 0 Å². The predicted octanol–water partition coefficient (Wildman–Crippen LogP) is 0.982. The molecule has 0 fully saturated rings. The first-order chi connectivity index (χ1) is 6.75. The largest absolute Gasteiger partial charge is 0.399 e. The molecule has 1 aromatic carbocycles. The Labute approximate surface area is 83.4 Å². The van der Waals surface area contributed by atoms with Gasteiger partial charge in [0.1, 0.15) is 0 Å². The van der Waals surface area contributed by atoms with Crippen LogP contribution in [0.1, 0.15) is 0 Å². The van der Waals surface area contributed by atoms with E-state index in [-0.39, 0.29) is 0 Å². The highest BCUT2D eigenvalue weighted by Crippen LogP contribution is 2.11. The summed E-state index contributed by atoms with van der Waals surface area (Å²) in [7, 11) is 2.02. The lowest BCUT2D eigenvalue weighted by molar-refractivity contribution is 0.555. The number of hydrogen-bond acceptors (Lipinski definition) is 4. The van der Waals surface area contributed by atoms with Gasteiger partial charge in [0.15, 0.2) is 5.96 Å². The molecule has 0 aromatic heterocycles. The summed E-state index contributed by atoms with van der Waals surface area (Å²) in [5, 5.41) is 3.24. The molecule has 0 saturated carbocycles. The van der Waals surface area contributed by atoms with E-state index in [1.807, 2.05) is 31.3 Å². The molecule has 3 N–H and O–H groups in total. The van der Waals surface area contributed by atoms with Crippen molar-refractivity contribution in [3.05, 3.63) is 24.3 Å². The van der Waals surface area contributed by atoms with Crippen LogP contribution >= 0.6 is 0 Å². The van der Waals surface area contributed by atoms with Crippen molar-refractivity contribution < 1.29 is 0 Å². The van der Waals surface area contributed by atoms with Crippen molar-refractivity contribution in [1.29, 1.82) is 0 Å². The molecular formula is C10H14N4. The summed E-state index contributed by atoms with van der Waals surface area (Å²) in [6.45, 7) is 1.85. The van der Waals surface area contributed by atoms with Crippen LogP contribution in [0, 0.1) is 0 Å². The van der Waals surface area contributed by atoms with Gasteiger partial charge in [0.25, 0.3) is 0 Å². The smallest absolute Gasteiger partial charge is 0.198 e. The topological polar surface area (TPSA) is 53.6 Å². The van der Waals surface area contributed by atoms with Gasteiger partial charge in [-0.2, -0.15) is 0 Å². The van der Waals surface area contributed by atoms with Crippen molar-refractivity contribution in [1.82, 2.24) is 4.90 Å². The molecule has 1 aliphatic rings. The molecule has 0 bridgehead atoms. The van der Waals surface area contributed by atoms with Crippen LogP contribution in [-0.2, 0) is 0 Å². The molecule has 1 heterocycles. The molecule has 1 aromatic rings.